The van der Waals surface area contributed by atoms with E-state index in [1.165, 1.54) is 5.56 Å². The molecule has 1 aromatic carbocycles. The highest BCUT2D eigenvalue weighted by Gasteiger charge is 1.98. The highest BCUT2D eigenvalue weighted by molar-refractivity contribution is 7.99. The third kappa shape index (κ3) is 4.24. The molecule has 1 aromatic heterocycles. The zero-order valence-electron chi connectivity index (χ0n) is 9.97. The minimum Gasteiger partial charge on any atom is -0.399 e. The fourth-order valence-electron chi connectivity index (χ4n) is 1.65. The van der Waals surface area contributed by atoms with Gasteiger partial charge in [-0.15, -0.1) is 11.8 Å². The highest BCUT2D eigenvalue weighted by atomic mass is 35.5. The molecule has 0 saturated heterocycles. The van der Waals surface area contributed by atoms with Crippen LogP contribution in [0.4, 0.5) is 5.69 Å². The normalized spacial score (nSPS) is 10.5. The van der Waals surface area contributed by atoms with Gasteiger partial charge >= 0.3 is 0 Å². The van der Waals surface area contributed by atoms with Crippen LogP contribution in [0.1, 0.15) is 12.0 Å². The molecule has 2 aromatic rings. The van der Waals surface area contributed by atoms with E-state index < -0.39 is 0 Å². The monoisotopic (exact) mass is 278 g/mol. The lowest BCUT2D eigenvalue weighted by Crippen LogP contribution is -1.91. The zero-order valence-corrected chi connectivity index (χ0v) is 11.5. The van der Waals surface area contributed by atoms with Gasteiger partial charge in [-0.25, -0.2) is 4.98 Å². The van der Waals surface area contributed by atoms with Gasteiger partial charge in [0, 0.05) is 11.9 Å². The van der Waals surface area contributed by atoms with Gasteiger partial charge < -0.3 is 5.73 Å². The van der Waals surface area contributed by atoms with Gasteiger partial charge in [0.2, 0.25) is 0 Å². The summed E-state index contributed by atoms with van der Waals surface area (Å²) in [6.45, 7) is 0. The fraction of sp³-hybridized carbons (Fsp3) is 0.214. The standard InChI is InChI=1S/C14H15ClN2S/c15-12-6-7-14(17-10-12)18-8-2-4-11-3-1-5-13(16)9-11/h1,3,5-7,9-10H,2,4,8,16H2. The number of nitrogens with two attached hydrogens (primary N) is 1. The number of thioether (sulfide) groups is 1. The van der Waals surface area contributed by atoms with Gasteiger partial charge in [0.25, 0.3) is 0 Å². The second kappa shape index (κ2) is 6.66. The Hall–Kier alpha value is -1.19. The van der Waals surface area contributed by atoms with E-state index in [-0.39, 0.29) is 0 Å². The van der Waals surface area contributed by atoms with Gasteiger partial charge in [-0.1, -0.05) is 23.7 Å². The Morgan fingerprint density at radius 2 is 2.11 bits per heavy atom. The van der Waals surface area contributed by atoms with Crippen molar-refractivity contribution in [2.24, 2.45) is 0 Å². The fourth-order valence-corrected chi connectivity index (χ4v) is 2.55. The van der Waals surface area contributed by atoms with Crippen molar-refractivity contribution in [2.45, 2.75) is 17.9 Å². The van der Waals surface area contributed by atoms with Crippen molar-refractivity contribution in [1.82, 2.24) is 4.98 Å². The van der Waals surface area contributed by atoms with Gasteiger partial charge in [-0.05, 0) is 48.4 Å². The topological polar surface area (TPSA) is 38.9 Å². The molecule has 0 bridgehead atoms. The first-order valence-electron chi connectivity index (χ1n) is 5.83. The molecular formula is C14H15ClN2S. The molecule has 94 valence electrons. The van der Waals surface area contributed by atoms with Crippen LogP contribution < -0.4 is 5.73 Å². The molecule has 0 atom stereocenters. The first-order valence-corrected chi connectivity index (χ1v) is 7.19. The minimum atomic E-state index is 0.680. The minimum absolute atomic E-state index is 0.680. The number of aryl methyl sites for hydroxylation is 1. The second-order valence-corrected chi connectivity index (χ2v) is 5.56. The van der Waals surface area contributed by atoms with Crippen LogP contribution in [0.25, 0.3) is 0 Å². The molecule has 2 N–H and O–H groups in total. The smallest absolute Gasteiger partial charge is 0.0960 e. The number of benzene rings is 1. The Morgan fingerprint density at radius 3 is 2.83 bits per heavy atom. The lowest BCUT2D eigenvalue weighted by atomic mass is 10.1. The maximum absolute atomic E-state index is 5.78. The predicted octanol–water partition coefficient (Wildman–Crippen LogP) is 4.04. The highest BCUT2D eigenvalue weighted by Crippen LogP contribution is 2.19. The number of pyridine rings is 1. The maximum atomic E-state index is 5.78. The van der Waals surface area contributed by atoms with E-state index in [0.717, 1.165) is 29.3 Å². The summed E-state index contributed by atoms with van der Waals surface area (Å²) in [6.07, 6.45) is 3.84. The van der Waals surface area contributed by atoms with Gasteiger partial charge in [0.15, 0.2) is 0 Å². The van der Waals surface area contributed by atoms with Crippen molar-refractivity contribution >= 4 is 29.1 Å². The maximum Gasteiger partial charge on any atom is 0.0960 e. The average Bonchev–Trinajstić information content (AvgIpc) is 2.37. The molecule has 0 unspecified atom stereocenters. The van der Waals surface area contributed by atoms with E-state index in [1.807, 2.05) is 30.3 Å². The number of halogens is 1. The van der Waals surface area contributed by atoms with E-state index in [4.69, 9.17) is 17.3 Å². The third-order valence-corrected chi connectivity index (χ3v) is 3.76. The molecular weight excluding hydrogens is 264 g/mol. The Balaban J connectivity index is 1.74. The van der Waals surface area contributed by atoms with Crippen LogP contribution in [0.5, 0.6) is 0 Å². The first kappa shape index (κ1) is 13.2. The van der Waals surface area contributed by atoms with Crippen molar-refractivity contribution in [3.05, 3.63) is 53.2 Å². The summed E-state index contributed by atoms with van der Waals surface area (Å²) in [5.41, 5.74) is 7.86. The molecule has 0 amide bonds. The summed E-state index contributed by atoms with van der Waals surface area (Å²) in [7, 11) is 0. The van der Waals surface area contributed by atoms with E-state index in [9.17, 15) is 0 Å². The number of aromatic nitrogens is 1. The quantitative estimate of drug-likeness (QED) is 0.510. The van der Waals surface area contributed by atoms with Gasteiger partial charge in [0.1, 0.15) is 0 Å². The van der Waals surface area contributed by atoms with Crippen molar-refractivity contribution in [2.75, 3.05) is 11.5 Å². The average molecular weight is 279 g/mol. The molecule has 0 spiro atoms. The lowest BCUT2D eigenvalue weighted by molar-refractivity contribution is 0.931. The van der Waals surface area contributed by atoms with Crippen LogP contribution in [0.15, 0.2) is 47.6 Å². The number of nitrogens with zero attached hydrogens (tertiary/aromatic N) is 1. The molecule has 2 nitrogen and oxygen atoms in total. The summed E-state index contributed by atoms with van der Waals surface area (Å²) >= 11 is 7.54. The Labute approximate surface area is 117 Å². The first-order chi connectivity index (χ1) is 8.74. The van der Waals surface area contributed by atoms with E-state index in [2.05, 4.69) is 11.1 Å². The van der Waals surface area contributed by atoms with Crippen LogP contribution in [-0.4, -0.2) is 10.7 Å². The number of rotatable bonds is 5. The Morgan fingerprint density at radius 1 is 1.22 bits per heavy atom. The summed E-state index contributed by atoms with van der Waals surface area (Å²) < 4.78 is 0. The summed E-state index contributed by atoms with van der Waals surface area (Å²) in [6, 6.07) is 11.9. The molecule has 0 fully saturated rings. The van der Waals surface area contributed by atoms with Crippen molar-refractivity contribution < 1.29 is 0 Å². The zero-order chi connectivity index (χ0) is 12.8. The van der Waals surface area contributed by atoms with Crippen LogP contribution in [0.3, 0.4) is 0 Å². The Bertz CT molecular complexity index is 499. The molecule has 18 heavy (non-hydrogen) atoms. The lowest BCUT2D eigenvalue weighted by Gasteiger charge is -2.03. The van der Waals surface area contributed by atoms with Crippen molar-refractivity contribution in [3.63, 3.8) is 0 Å². The number of hydrogen-bond acceptors (Lipinski definition) is 3. The molecule has 4 heteroatoms. The van der Waals surface area contributed by atoms with Crippen LogP contribution >= 0.6 is 23.4 Å². The largest absolute Gasteiger partial charge is 0.399 e. The van der Waals surface area contributed by atoms with Gasteiger partial charge in [-0.3, -0.25) is 0 Å². The molecule has 2 rings (SSSR count). The number of hydrogen-bond donors (Lipinski definition) is 1. The van der Waals surface area contributed by atoms with E-state index in [1.54, 1.807) is 18.0 Å². The van der Waals surface area contributed by atoms with Crippen LogP contribution in [0.2, 0.25) is 5.02 Å². The van der Waals surface area contributed by atoms with Gasteiger partial charge in [-0.2, -0.15) is 0 Å². The van der Waals surface area contributed by atoms with E-state index in [0.29, 0.717) is 5.02 Å². The van der Waals surface area contributed by atoms with Crippen molar-refractivity contribution in [1.29, 1.82) is 0 Å². The number of nitrogen functional groups attached to an aromatic ring is 1. The third-order valence-electron chi connectivity index (χ3n) is 2.51. The summed E-state index contributed by atoms with van der Waals surface area (Å²) in [5, 5.41) is 1.70. The molecule has 0 aliphatic rings. The van der Waals surface area contributed by atoms with E-state index >= 15 is 0 Å². The van der Waals surface area contributed by atoms with Gasteiger partial charge in [0.05, 0.1) is 10.0 Å². The Kier molecular flexibility index (Phi) is 4.90. The molecule has 0 aliphatic heterocycles. The molecule has 0 aliphatic carbocycles. The summed E-state index contributed by atoms with van der Waals surface area (Å²) in [5.74, 6) is 1.05. The molecule has 0 saturated carbocycles. The second-order valence-electron chi connectivity index (χ2n) is 4.01. The van der Waals surface area contributed by atoms with Crippen LogP contribution in [0, 0.1) is 0 Å². The van der Waals surface area contributed by atoms with Crippen molar-refractivity contribution in [3.8, 4) is 0 Å². The number of anilines is 1. The van der Waals surface area contributed by atoms with Crippen LogP contribution in [-0.2, 0) is 6.42 Å². The molecule has 0 radical (unpaired) electrons. The molecule has 1 heterocycles. The SMILES string of the molecule is Nc1cccc(CCCSc2ccc(Cl)cn2)c1. The predicted molar refractivity (Wildman–Crippen MR) is 79.1 cm³/mol. The summed E-state index contributed by atoms with van der Waals surface area (Å²) in [4.78, 5) is 4.25.